The molecule has 0 saturated heterocycles. The Kier molecular flexibility index (Phi) is 4.56. The Balaban J connectivity index is 2.52. The summed E-state index contributed by atoms with van der Waals surface area (Å²) in [6.07, 6.45) is 1.47. The van der Waals surface area contributed by atoms with E-state index in [2.05, 4.69) is 15.0 Å². The largest absolute Gasteiger partial charge is 0.465 e. The number of nitrogens with one attached hydrogen (secondary N) is 1. The summed E-state index contributed by atoms with van der Waals surface area (Å²) >= 11 is 0. The monoisotopic (exact) mass is 210 g/mol. The second-order valence-electron chi connectivity index (χ2n) is 2.84. The lowest BCUT2D eigenvalue weighted by molar-refractivity contribution is 0.0600. The van der Waals surface area contributed by atoms with Gasteiger partial charge in [-0.05, 0) is 12.1 Å². The zero-order valence-corrected chi connectivity index (χ0v) is 8.82. The minimum absolute atomic E-state index is 0.383. The van der Waals surface area contributed by atoms with Crippen LogP contribution >= 0.6 is 0 Å². The third-order valence-electron chi connectivity index (χ3n) is 1.80. The smallest absolute Gasteiger partial charge is 0.339 e. The first-order chi connectivity index (χ1) is 7.27. The van der Waals surface area contributed by atoms with Gasteiger partial charge in [-0.3, -0.25) is 0 Å². The fraction of sp³-hybridized carbons (Fsp3) is 0.400. The summed E-state index contributed by atoms with van der Waals surface area (Å²) in [6.45, 7) is 1.29. The number of carbonyl (C=O) groups excluding carboxylic acids is 1. The summed E-state index contributed by atoms with van der Waals surface area (Å²) in [5.74, 6) is 0.325. The van der Waals surface area contributed by atoms with Gasteiger partial charge in [0.2, 0.25) is 0 Å². The van der Waals surface area contributed by atoms with E-state index in [1.807, 2.05) is 0 Å². The molecular weight excluding hydrogens is 196 g/mol. The number of esters is 1. The molecule has 0 amide bonds. The molecular formula is C10H14N2O3. The van der Waals surface area contributed by atoms with Gasteiger partial charge in [-0.25, -0.2) is 9.78 Å². The third-order valence-corrected chi connectivity index (χ3v) is 1.80. The number of carbonyl (C=O) groups is 1. The van der Waals surface area contributed by atoms with E-state index < -0.39 is 0 Å². The predicted molar refractivity (Wildman–Crippen MR) is 55.9 cm³/mol. The van der Waals surface area contributed by atoms with E-state index in [0.717, 1.165) is 0 Å². The van der Waals surface area contributed by atoms with Crippen LogP contribution < -0.4 is 5.32 Å². The Morgan fingerprint density at radius 3 is 2.80 bits per heavy atom. The second-order valence-corrected chi connectivity index (χ2v) is 2.84. The van der Waals surface area contributed by atoms with Gasteiger partial charge < -0.3 is 14.8 Å². The number of hydrogen-bond acceptors (Lipinski definition) is 5. The van der Waals surface area contributed by atoms with Gasteiger partial charge in [0.25, 0.3) is 0 Å². The van der Waals surface area contributed by atoms with Crippen molar-refractivity contribution >= 4 is 11.8 Å². The zero-order valence-electron chi connectivity index (χ0n) is 8.82. The predicted octanol–water partition coefficient (Wildman–Crippen LogP) is 0.926. The van der Waals surface area contributed by atoms with Gasteiger partial charge in [-0.15, -0.1) is 0 Å². The lowest BCUT2D eigenvalue weighted by atomic mass is 10.3. The highest BCUT2D eigenvalue weighted by Crippen LogP contribution is 2.05. The average Bonchev–Trinajstić information content (AvgIpc) is 2.29. The number of nitrogens with zero attached hydrogens (tertiary/aromatic N) is 1. The van der Waals surface area contributed by atoms with E-state index in [4.69, 9.17) is 4.74 Å². The molecule has 5 nitrogen and oxygen atoms in total. The summed E-state index contributed by atoms with van der Waals surface area (Å²) < 4.78 is 9.43. The molecule has 1 N–H and O–H groups in total. The van der Waals surface area contributed by atoms with Gasteiger partial charge in [0.15, 0.2) is 0 Å². The SMILES string of the molecule is COCCNc1ccc(C(=O)OC)cn1. The van der Waals surface area contributed by atoms with Crippen LogP contribution in [0.4, 0.5) is 5.82 Å². The molecule has 0 aromatic carbocycles. The molecule has 0 radical (unpaired) electrons. The summed E-state index contributed by atoms with van der Waals surface area (Å²) in [6, 6.07) is 3.38. The van der Waals surface area contributed by atoms with Crippen LogP contribution in [-0.2, 0) is 9.47 Å². The maximum atomic E-state index is 11.1. The van der Waals surface area contributed by atoms with E-state index in [1.54, 1.807) is 19.2 Å². The summed E-state index contributed by atoms with van der Waals surface area (Å²) in [4.78, 5) is 15.1. The lowest BCUT2D eigenvalue weighted by Gasteiger charge is -2.04. The van der Waals surface area contributed by atoms with Crippen LogP contribution in [0.1, 0.15) is 10.4 Å². The molecule has 1 aromatic heterocycles. The number of hydrogen-bond donors (Lipinski definition) is 1. The molecule has 5 heteroatoms. The molecule has 82 valence electrons. The Labute approximate surface area is 88.4 Å². The molecule has 0 bridgehead atoms. The van der Waals surface area contributed by atoms with Crippen molar-refractivity contribution in [2.75, 3.05) is 32.7 Å². The van der Waals surface area contributed by atoms with Crippen LogP contribution in [-0.4, -0.2) is 38.3 Å². The van der Waals surface area contributed by atoms with Crippen molar-refractivity contribution in [3.63, 3.8) is 0 Å². The number of aromatic nitrogens is 1. The van der Waals surface area contributed by atoms with Gasteiger partial charge in [0.05, 0.1) is 19.3 Å². The zero-order chi connectivity index (χ0) is 11.1. The standard InChI is InChI=1S/C10H14N2O3/c1-14-6-5-11-9-4-3-8(7-12-9)10(13)15-2/h3-4,7H,5-6H2,1-2H3,(H,11,12). The van der Waals surface area contributed by atoms with Crippen molar-refractivity contribution < 1.29 is 14.3 Å². The Morgan fingerprint density at radius 1 is 1.47 bits per heavy atom. The van der Waals surface area contributed by atoms with Crippen molar-refractivity contribution in [3.8, 4) is 0 Å². The number of anilines is 1. The first-order valence-corrected chi connectivity index (χ1v) is 4.55. The molecule has 1 aromatic rings. The maximum absolute atomic E-state index is 11.1. The normalized spacial score (nSPS) is 9.73. The van der Waals surface area contributed by atoms with Crippen molar-refractivity contribution in [1.29, 1.82) is 0 Å². The number of pyridine rings is 1. The van der Waals surface area contributed by atoms with E-state index in [-0.39, 0.29) is 5.97 Å². The molecule has 1 rings (SSSR count). The molecule has 1 heterocycles. The maximum Gasteiger partial charge on any atom is 0.339 e. The fourth-order valence-electron chi connectivity index (χ4n) is 1.02. The van der Waals surface area contributed by atoms with Gasteiger partial charge in [0.1, 0.15) is 5.82 Å². The summed E-state index contributed by atoms with van der Waals surface area (Å²) in [7, 11) is 2.97. The van der Waals surface area contributed by atoms with Gasteiger partial charge in [-0.2, -0.15) is 0 Å². The van der Waals surface area contributed by atoms with Crippen molar-refractivity contribution in [3.05, 3.63) is 23.9 Å². The van der Waals surface area contributed by atoms with Crippen molar-refractivity contribution in [2.24, 2.45) is 0 Å². The lowest BCUT2D eigenvalue weighted by Crippen LogP contribution is -2.09. The third kappa shape index (κ3) is 3.55. The number of methoxy groups -OCH3 is 2. The summed E-state index contributed by atoms with van der Waals surface area (Å²) in [5.41, 5.74) is 0.440. The van der Waals surface area contributed by atoms with Crippen LogP contribution in [0.15, 0.2) is 18.3 Å². The van der Waals surface area contributed by atoms with Crippen molar-refractivity contribution in [1.82, 2.24) is 4.98 Å². The van der Waals surface area contributed by atoms with Gasteiger partial charge in [-0.1, -0.05) is 0 Å². The molecule has 15 heavy (non-hydrogen) atoms. The van der Waals surface area contributed by atoms with E-state index in [0.29, 0.717) is 24.5 Å². The Hall–Kier alpha value is -1.62. The number of ether oxygens (including phenoxy) is 2. The minimum atomic E-state index is -0.383. The van der Waals surface area contributed by atoms with Crippen LogP contribution in [0.25, 0.3) is 0 Å². The highest BCUT2D eigenvalue weighted by molar-refractivity contribution is 5.89. The average molecular weight is 210 g/mol. The van der Waals surface area contributed by atoms with Crippen LogP contribution in [0.3, 0.4) is 0 Å². The number of rotatable bonds is 5. The first kappa shape index (κ1) is 11.5. The fourth-order valence-corrected chi connectivity index (χ4v) is 1.02. The molecule has 0 aliphatic carbocycles. The molecule has 0 fully saturated rings. The molecule has 0 aliphatic rings. The van der Waals surface area contributed by atoms with E-state index in [1.165, 1.54) is 13.3 Å². The van der Waals surface area contributed by atoms with E-state index >= 15 is 0 Å². The topological polar surface area (TPSA) is 60.5 Å². The van der Waals surface area contributed by atoms with Crippen LogP contribution in [0.2, 0.25) is 0 Å². The Bertz CT molecular complexity index is 311. The van der Waals surface area contributed by atoms with Crippen LogP contribution in [0, 0.1) is 0 Å². The summed E-state index contributed by atoms with van der Waals surface area (Å²) in [5, 5.41) is 3.04. The highest BCUT2D eigenvalue weighted by Gasteiger charge is 2.04. The second kappa shape index (κ2) is 5.98. The van der Waals surface area contributed by atoms with Crippen molar-refractivity contribution in [2.45, 2.75) is 0 Å². The quantitative estimate of drug-likeness (QED) is 0.578. The van der Waals surface area contributed by atoms with Gasteiger partial charge in [0, 0.05) is 19.9 Å². The van der Waals surface area contributed by atoms with Crippen LogP contribution in [0.5, 0.6) is 0 Å². The molecule has 0 aliphatic heterocycles. The first-order valence-electron chi connectivity index (χ1n) is 4.55. The molecule has 0 spiro atoms. The minimum Gasteiger partial charge on any atom is -0.465 e. The molecule has 0 atom stereocenters. The van der Waals surface area contributed by atoms with Gasteiger partial charge >= 0.3 is 5.97 Å². The highest BCUT2D eigenvalue weighted by atomic mass is 16.5. The molecule has 0 saturated carbocycles. The Morgan fingerprint density at radius 2 is 2.27 bits per heavy atom. The molecule has 0 unspecified atom stereocenters. The van der Waals surface area contributed by atoms with E-state index in [9.17, 15) is 4.79 Å².